The molecule has 3 rings (SSSR count). The normalized spacial score (nSPS) is 15.0. The molecule has 1 aromatic carbocycles. The lowest BCUT2D eigenvalue weighted by Gasteiger charge is -2.03. The molecule has 0 saturated heterocycles. The van der Waals surface area contributed by atoms with Gasteiger partial charge in [-0.2, -0.15) is 0 Å². The summed E-state index contributed by atoms with van der Waals surface area (Å²) < 4.78 is 18.8. The second kappa shape index (κ2) is 4.58. The third-order valence-corrected chi connectivity index (χ3v) is 3.26. The van der Waals surface area contributed by atoms with E-state index < -0.39 is 0 Å². The Morgan fingerprint density at radius 2 is 2.11 bits per heavy atom. The van der Waals surface area contributed by atoms with E-state index in [4.69, 9.17) is 4.42 Å². The zero-order chi connectivity index (χ0) is 12.5. The fraction of sp³-hybridized carbons (Fsp3) is 0.333. The predicted octanol–water partition coefficient (Wildman–Crippen LogP) is 3.65. The van der Waals surface area contributed by atoms with Crippen molar-refractivity contribution in [2.45, 2.75) is 32.4 Å². The maximum Gasteiger partial charge on any atom is 0.134 e. The molecule has 1 fully saturated rings. The van der Waals surface area contributed by atoms with Gasteiger partial charge in [0.2, 0.25) is 0 Å². The molecule has 1 heterocycles. The number of aryl methyl sites for hydroxylation is 1. The van der Waals surface area contributed by atoms with Crippen molar-refractivity contribution in [2.24, 2.45) is 0 Å². The molecule has 0 spiro atoms. The lowest BCUT2D eigenvalue weighted by atomic mass is 10.1. The Labute approximate surface area is 106 Å². The molecule has 0 atom stereocenters. The molecule has 2 aromatic rings. The molecule has 18 heavy (non-hydrogen) atoms. The van der Waals surface area contributed by atoms with Crippen molar-refractivity contribution in [2.75, 3.05) is 0 Å². The first-order valence-corrected chi connectivity index (χ1v) is 6.31. The molecule has 0 radical (unpaired) electrons. The van der Waals surface area contributed by atoms with E-state index in [-0.39, 0.29) is 5.82 Å². The molecule has 94 valence electrons. The molecule has 1 N–H and O–H groups in total. The Hall–Kier alpha value is -1.61. The number of nitrogens with one attached hydrogen (secondary N) is 1. The van der Waals surface area contributed by atoms with Crippen LogP contribution in [0.25, 0.3) is 11.3 Å². The first-order valence-electron chi connectivity index (χ1n) is 6.31. The van der Waals surface area contributed by atoms with Crippen LogP contribution in [0.3, 0.4) is 0 Å². The van der Waals surface area contributed by atoms with Gasteiger partial charge < -0.3 is 9.73 Å². The van der Waals surface area contributed by atoms with E-state index in [0.717, 1.165) is 29.2 Å². The highest BCUT2D eigenvalue weighted by Crippen LogP contribution is 2.26. The molecule has 0 amide bonds. The van der Waals surface area contributed by atoms with Crippen molar-refractivity contribution in [3.8, 4) is 11.3 Å². The summed E-state index contributed by atoms with van der Waals surface area (Å²) in [7, 11) is 0. The van der Waals surface area contributed by atoms with Crippen molar-refractivity contribution in [3.63, 3.8) is 0 Å². The average Bonchev–Trinajstić information content (AvgIpc) is 3.05. The highest BCUT2D eigenvalue weighted by molar-refractivity contribution is 5.62. The Kier molecular flexibility index (Phi) is 2.92. The minimum absolute atomic E-state index is 0.210. The molecule has 1 aliphatic rings. The Balaban J connectivity index is 1.78. The molecule has 0 aliphatic heterocycles. The number of benzene rings is 1. The quantitative estimate of drug-likeness (QED) is 0.889. The number of hydrogen-bond donors (Lipinski definition) is 1. The smallest absolute Gasteiger partial charge is 0.134 e. The summed E-state index contributed by atoms with van der Waals surface area (Å²) in [5.74, 6) is 1.53. The molecule has 0 unspecified atom stereocenters. The Bertz CT molecular complexity index is 557. The average molecular weight is 245 g/mol. The third-order valence-electron chi connectivity index (χ3n) is 3.26. The van der Waals surface area contributed by atoms with Crippen LogP contribution in [0.15, 0.2) is 34.7 Å². The van der Waals surface area contributed by atoms with Crippen LogP contribution in [0.4, 0.5) is 4.39 Å². The third kappa shape index (κ3) is 2.46. The van der Waals surface area contributed by atoms with Crippen molar-refractivity contribution in [1.82, 2.24) is 5.32 Å². The first kappa shape index (κ1) is 11.5. The van der Waals surface area contributed by atoms with Crippen LogP contribution in [0.1, 0.15) is 24.2 Å². The van der Waals surface area contributed by atoms with Crippen molar-refractivity contribution >= 4 is 0 Å². The van der Waals surface area contributed by atoms with E-state index in [9.17, 15) is 4.39 Å². The van der Waals surface area contributed by atoms with E-state index in [0.29, 0.717) is 6.04 Å². The van der Waals surface area contributed by atoms with E-state index in [1.54, 1.807) is 6.07 Å². The number of hydrogen-bond acceptors (Lipinski definition) is 2. The van der Waals surface area contributed by atoms with Crippen LogP contribution in [-0.2, 0) is 6.54 Å². The lowest BCUT2D eigenvalue weighted by molar-refractivity contribution is 0.492. The van der Waals surface area contributed by atoms with Crippen LogP contribution < -0.4 is 5.32 Å². The highest BCUT2D eigenvalue weighted by Gasteiger charge is 2.20. The standard InChI is InChI=1S/C15H16FNO/c1-10-8-11(16)2-6-14(10)15-7-5-13(18-15)9-17-12-3-4-12/h2,5-8,12,17H,3-4,9H2,1H3. The van der Waals surface area contributed by atoms with Crippen LogP contribution in [0, 0.1) is 12.7 Å². The van der Waals surface area contributed by atoms with Crippen molar-refractivity contribution in [1.29, 1.82) is 0 Å². The summed E-state index contributed by atoms with van der Waals surface area (Å²) in [6, 6.07) is 9.36. The maximum absolute atomic E-state index is 13.0. The van der Waals surface area contributed by atoms with Gasteiger partial charge in [0.25, 0.3) is 0 Å². The summed E-state index contributed by atoms with van der Waals surface area (Å²) in [5.41, 5.74) is 1.85. The SMILES string of the molecule is Cc1cc(F)ccc1-c1ccc(CNC2CC2)o1. The zero-order valence-corrected chi connectivity index (χ0v) is 10.4. The minimum Gasteiger partial charge on any atom is -0.460 e. The number of furan rings is 1. The summed E-state index contributed by atoms with van der Waals surface area (Å²) in [6.07, 6.45) is 2.54. The summed E-state index contributed by atoms with van der Waals surface area (Å²) >= 11 is 0. The molecule has 1 aromatic heterocycles. The van der Waals surface area contributed by atoms with Gasteiger partial charge in [-0.05, 0) is 55.7 Å². The predicted molar refractivity (Wildman–Crippen MR) is 68.7 cm³/mol. The lowest BCUT2D eigenvalue weighted by Crippen LogP contribution is -2.14. The molecular formula is C15H16FNO. The summed E-state index contributed by atoms with van der Waals surface area (Å²) in [4.78, 5) is 0. The van der Waals surface area contributed by atoms with Gasteiger partial charge in [0, 0.05) is 11.6 Å². The zero-order valence-electron chi connectivity index (χ0n) is 10.4. The van der Waals surface area contributed by atoms with Gasteiger partial charge in [0.05, 0.1) is 6.54 Å². The van der Waals surface area contributed by atoms with Gasteiger partial charge in [-0.15, -0.1) is 0 Å². The monoisotopic (exact) mass is 245 g/mol. The maximum atomic E-state index is 13.0. The van der Waals surface area contributed by atoms with Crippen LogP contribution in [0.2, 0.25) is 0 Å². The van der Waals surface area contributed by atoms with Crippen LogP contribution >= 0.6 is 0 Å². The molecule has 1 aliphatic carbocycles. The highest BCUT2D eigenvalue weighted by atomic mass is 19.1. The fourth-order valence-corrected chi connectivity index (χ4v) is 2.05. The molecule has 0 bridgehead atoms. The summed E-state index contributed by atoms with van der Waals surface area (Å²) in [6.45, 7) is 2.66. The van der Waals surface area contributed by atoms with Gasteiger partial charge in [-0.25, -0.2) is 4.39 Å². The molecule has 2 nitrogen and oxygen atoms in total. The fourth-order valence-electron chi connectivity index (χ4n) is 2.05. The first-order chi connectivity index (χ1) is 8.72. The number of halogens is 1. The van der Waals surface area contributed by atoms with E-state index in [1.165, 1.54) is 25.0 Å². The van der Waals surface area contributed by atoms with E-state index in [2.05, 4.69) is 5.32 Å². The van der Waals surface area contributed by atoms with E-state index >= 15 is 0 Å². The van der Waals surface area contributed by atoms with Crippen LogP contribution in [0.5, 0.6) is 0 Å². The Morgan fingerprint density at radius 1 is 1.28 bits per heavy atom. The van der Waals surface area contributed by atoms with E-state index in [1.807, 2.05) is 19.1 Å². The van der Waals surface area contributed by atoms with Gasteiger partial charge in [-0.1, -0.05) is 0 Å². The van der Waals surface area contributed by atoms with Crippen LogP contribution in [-0.4, -0.2) is 6.04 Å². The molecule has 1 saturated carbocycles. The molecule has 3 heteroatoms. The van der Waals surface area contributed by atoms with Crippen molar-refractivity contribution < 1.29 is 8.81 Å². The second-order valence-corrected chi connectivity index (χ2v) is 4.88. The Morgan fingerprint density at radius 3 is 2.83 bits per heavy atom. The van der Waals surface area contributed by atoms with Gasteiger partial charge in [0.1, 0.15) is 17.3 Å². The number of rotatable bonds is 4. The van der Waals surface area contributed by atoms with Crippen molar-refractivity contribution in [3.05, 3.63) is 47.5 Å². The summed E-state index contributed by atoms with van der Waals surface area (Å²) in [5, 5.41) is 3.41. The topological polar surface area (TPSA) is 25.2 Å². The largest absolute Gasteiger partial charge is 0.460 e. The van der Waals surface area contributed by atoms with Gasteiger partial charge in [-0.3, -0.25) is 0 Å². The van der Waals surface area contributed by atoms with Gasteiger partial charge >= 0.3 is 0 Å². The van der Waals surface area contributed by atoms with Gasteiger partial charge in [0.15, 0.2) is 0 Å². The second-order valence-electron chi connectivity index (χ2n) is 4.88. The molecular weight excluding hydrogens is 229 g/mol. The minimum atomic E-state index is -0.210.